The number of hydrogen-bond acceptors (Lipinski definition) is 3. The number of rotatable bonds is 2. The molecule has 0 amide bonds. The van der Waals surface area contributed by atoms with E-state index in [0.29, 0.717) is 16.8 Å². The molecule has 0 atom stereocenters. The third-order valence-electron chi connectivity index (χ3n) is 2.46. The zero-order valence-electron chi connectivity index (χ0n) is 9.14. The minimum absolute atomic E-state index is 0.0336. The predicted octanol–water partition coefficient (Wildman–Crippen LogP) is 3.93. The summed E-state index contributed by atoms with van der Waals surface area (Å²) in [5.74, 6) is -0.115. The Balaban J connectivity index is 2.58. The number of hydrogen-bond donors (Lipinski definition) is 2. The Morgan fingerprint density at radius 1 is 0.944 bits per heavy atom. The molecular weight excluding hydrogens is 273 g/mol. The van der Waals surface area contributed by atoms with Crippen LogP contribution in [0.25, 0.3) is 0 Å². The van der Waals surface area contributed by atoms with Crippen LogP contribution in [0.2, 0.25) is 10.0 Å². The molecule has 0 saturated heterocycles. The van der Waals surface area contributed by atoms with E-state index in [0.717, 1.165) is 0 Å². The van der Waals surface area contributed by atoms with Gasteiger partial charge in [0.15, 0.2) is 0 Å². The smallest absolute Gasteiger partial charge is 0.135 e. The second-order valence-electron chi connectivity index (χ2n) is 3.57. The zero-order chi connectivity index (χ0) is 13.1. The van der Waals surface area contributed by atoms with Crippen molar-refractivity contribution >= 4 is 28.9 Å². The van der Waals surface area contributed by atoms with Gasteiger partial charge in [0.1, 0.15) is 16.5 Å². The normalized spacial score (nSPS) is 11.6. The van der Waals surface area contributed by atoms with Crippen molar-refractivity contribution in [3.8, 4) is 5.75 Å². The number of halogens is 2. The first-order chi connectivity index (χ1) is 8.65. The summed E-state index contributed by atoms with van der Waals surface area (Å²) in [6, 6.07) is 12.0. The summed E-state index contributed by atoms with van der Waals surface area (Å²) in [5.41, 5.74) is 1.44. The Morgan fingerprint density at radius 3 is 2.22 bits per heavy atom. The molecule has 0 spiro atoms. The summed E-state index contributed by atoms with van der Waals surface area (Å²) in [7, 11) is 0. The second-order valence-corrected chi connectivity index (χ2v) is 4.33. The van der Waals surface area contributed by atoms with Gasteiger partial charge in [-0.2, -0.15) is 0 Å². The van der Waals surface area contributed by atoms with Gasteiger partial charge in [-0.15, -0.1) is 0 Å². The van der Waals surface area contributed by atoms with E-state index in [9.17, 15) is 5.11 Å². The highest BCUT2D eigenvalue weighted by atomic mass is 35.5. The number of nitrogens with zero attached hydrogens (tertiary/aromatic N) is 1. The van der Waals surface area contributed by atoms with Crippen LogP contribution in [-0.4, -0.2) is 16.0 Å². The topological polar surface area (TPSA) is 52.8 Å². The minimum atomic E-state index is -0.115. The lowest BCUT2D eigenvalue weighted by atomic mass is 10.0. The Bertz CT molecular complexity index is 597. The number of benzene rings is 2. The van der Waals surface area contributed by atoms with Crippen LogP contribution in [0.15, 0.2) is 47.6 Å². The highest BCUT2D eigenvalue weighted by Crippen LogP contribution is 2.34. The molecule has 3 nitrogen and oxygen atoms in total. The van der Waals surface area contributed by atoms with E-state index < -0.39 is 0 Å². The van der Waals surface area contributed by atoms with Crippen molar-refractivity contribution in [3.63, 3.8) is 0 Å². The molecule has 0 radical (unpaired) electrons. The minimum Gasteiger partial charge on any atom is -0.506 e. The van der Waals surface area contributed by atoms with E-state index in [2.05, 4.69) is 5.16 Å². The number of oxime groups is 1. The van der Waals surface area contributed by atoms with Gasteiger partial charge < -0.3 is 10.3 Å². The average molecular weight is 282 g/mol. The molecule has 2 N–H and O–H groups in total. The van der Waals surface area contributed by atoms with Crippen molar-refractivity contribution in [2.45, 2.75) is 0 Å². The first-order valence-electron chi connectivity index (χ1n) is 5.10. The zero-order valence-corrected chi connectivity index (χ0v) is 10.7. The van der Waals surface area contributed by atoms with Crippen molar-refractivity contribution in [2.75, 3.05) is 0 Å². The molecule has 0 unspecified atom stereocenters. The van der Waals surface area contributed by atoms with Gasteiger partial charge in [0.2, 0.25) is 0 Å². The Morgan fingerprint density at radius 2 is 1.61 bits per heavy atom. The summed E-state index contributed by atoms with van der Waals surface area (Å²) in [5, 5.41) is 22.0. The molecule has 18 heavy (non-hydrogen) atoms. The highest BCUT2D eigenvalue weighted by molar-refractivity contribution is 6.45. The van der Waals surface area contributed by atoms with Crippen molar-refractivity contribution in [3.05, 3.63) is 63.6 Å². The number of phenols is 1. The summed E-state index contributed by atoms with van der Waals surface area (Å²) in [4.78, 5) is 0. The molecule has 0 heterocycles. The summed E-state index contributed by atoms with van der Waals surface area (Å²) >= 11 is 11.9. The lowest BCUT2D eigenvalue weighted by Crippen LogP contribution is -2.04. The summed E-state index contributed by atoms with van der Waals surface area (Å²) in [6.07, 6.45) is 0. The second kappa shape index (κ2) is 5.29. The fraction of sp³-hybridized carbons (Fsp3) is 0. The number of phenolic OH excluding ortho intramolecular Hbond substituents is 1. The van der Waals surface area contributed by atoms with E-state index in [1.54, 1.807) is 18.2 Å². The molecule has 0 aliphatic heterocycles. The van der Waals surface area contributed by atoms with E-state index in [1.165, 1.54) is 6.07 Å². The molecular formula is C13H9Cl2NO2. The largest absolute Gasteiger partial charge is 0.506 e. The first-order valence-corrected chi connectivity index (χ1v) is 5.85. The Kier molecular flexibility index (Phi) is 3.75. The lowest BCUT2D eigenvalue weighted by molar-refractivity contribution is 0.319. The molecule has 5 heteroatoms. The summed E-state index contributed by atoms with van der Waals surface area (Å²) < 4.78 is 0. The van der Waals surface area contributed by atoms with Gasteiger partial charge in [-0.1, -0.05) is 58.7 Å². The molecule has 0 fully saturated rings. The van der Waals surface area contributed by atoms with Crippen LogP contribution in [0, 0.1) is 0 Å². The fourth-order valence-electron chi connectivity index (χ4n) is 1.59. The van der Waals surface area contributed by atoms with Gasteiger partial charge >= 0.3 is 0 Å². The van der Waals surface area contributed by atoms with Crippen LogP contribution >= 0.6 is 23.2 Å². The van der Waals surface area contributed by atoms with Crippen LogP contribution in [0.5, 0.6) is 5.75 Å². The Hall–Kier alpha value is -1.71. The first kappa shape index (κ1) is 12.7. The third-order valence-corrected chi connectivity index (χ3v) is 3.34. The summed E-state index contributed by atoms with van der Waals surface area (Å²) in [6.45, 7) is 0. The van der Waals surface area contributed by atoms with E-state index in [-0.39, 0.29) is 15.8 Å². The lowest BCUT2D eigenvalue weighted by Gasteiger charge is -2.09. The third kappa shape index (κ3) is 2.28. The molecule has 0 saturated carbocycles. The average Bonchev–Trinajstić information content (AvgIpc) is 2.41. The van der Waals surface area contributed by atoms with E-state index in [4.69, 9.17) is 28.4 Å². The molecule has 92 valence electrons. The maximum atomic E-state index is 9.43. The standard InChI is InChI=1S/C13H9Cl2NO2/c14-11-9(6-7-10(17)12(11)15)13(16-18)8-4-2-1-3-5-8/h1-7,17-18H. The van der Waals surface area contributed by atoms with Crippen molar-refractivity contribution < 1.29 is 10.3 Å². The van der Waals surface area contributed by atoms with Crippen LogP contribution < -0.4 is 0 Å². The molecule has 0 aliphatic carbocycles. The van der Waals surface area contributed by atoms with Gasteiger partial charge in [-0.3, -0.25) is 0 Å². The molecule has 0 aliphatic rings. The molecule has 2 aromatic carbocycles. The Labute approximate surface area is 114 Å². The van der Waals surface area contributed by atoms with Crippen molar-refractivity contribution in [1.29, 1.82) is 0 Å². The quantitative estimate of drug-likeness (QED) is 0.498. The molecule has 0 bridgehead atoms. The van der Waals surface area contributed by atoms with Crippen LogP contribution in [-0.2, 0) is 0 Å². The van der Waals surface area contributed by atoms with Gasteiger partial charge in [-0.05, 0) is 12.1 Å². The predicted molar refractivity (Wildman–Crippen MR) is 72.0 cm³/mol. The van der Waals surface area contributed by atoms with Gasteiger partial charge in [-0.25, -0.2) is 0 Å². The highest BCUT2D eigenvalue weighted by Gasteiger charge is 2.15. The van der Waals surface area contributed by atoms with E-state index >= 15 is 0 Å². The fourth-order valence-corrected chi connectivity index (χ4v) is 2.00. The van der Waals surface area contributed by atoms with Gasteiger partial charge in [0.05, 0.1) is 5.02 Å². The maximum absolute atomic E-state index is 9.43. The van der Waals surface area contributed by atoms with Gasteiger partial charge in [0.25, 0.3) is 0 Å². The SMILES string of the molecule is ON=C(c1ccccc1)c1ccc(O)c(Cl)c1Cl. The maximum Gasteiger partial charge on any atom is 0.135 e. The molecule has 2 aromatic rings. The van der Waals surface area contributed by atoms with Crippen LogP contribution in [0.3, 0.4) is 0 Å². The molecule has 0 aromatic heterocycles. The van der Waals surface area contributed by atoms with E-state index in [1.807, 2.05) is 18.2 Å². The van der Waals surface area contributed by atoms with Crippen LogP contribution in [0.1, 0.15) is 11.1 Å². The monoisotopic (exact) mass is 281 g/mol. The number of aromatic hydroxyl groups is 1. The van der Waals surface area contributed by atoms with Crippen molar-refractivity contribution in [2.24, 2.45) is 5.16 Å². The van der Waals surface area contributed by atoms with Gasteiger partial charge in [0, 0.05) is 11.1 Å². The van der Waals surface area contributed by atoms with Crippen LogP contribution in [0.4, 0.5) is 0 Å². The van der Waals surface area contributed by atoms with Crippen molar-refractivity contribution in [1.82, 2.24) is 0 Å². The molecule has 2 rings (SSSR count).